The zero-order valence-electron chi connectivity index (χ0n) is 17.8. The summed E-state index contributed by atoms with van der Waals surface area (Å²) in [4.78, 5) is 20.0. The summed E-state index contributed by atoms with van der Waals surface area (Å²) in [6.45, 7) is 0. The van der Waals surface area contributed by atoms with Crippen molar-refractivity contribution >= 4 is 28.3 Å². The molecule has 6 nitrogen and oxygen atoms in total. The summed E-state index contributed by atoms with van der Waals surface area (Å²) in [6.07, 6.45) is -2.42. The number of hydrogen-bond acceptors (Lipinski definition) is 6. The van der Waals surface area contributed by atoms with E-state index in [0.717, 1.165) is 12.1 Å². The van der Waals surface area contributed by atoms with Gasteiger partial charge in [0.15, 0.2) is 16.7 Å². The van der Waals surface area contributed by atoms with Gasteiger partial charge in [0, 0.05) is 17.5 Å². The third kappa shape index (κ3) is 5.46. The molecule has 1 aliphatic carbocycles. The highest BCUT2D eigenvalue weighted by Gasteiger charge is 2.37. The summed E-state index contributed by atoms with van der Waals surface area (Å²) in [5.74, 6) is -3.20. The Hall–Kier alpha value is -3.21. The van der Waals surface area contributed by atoms with Crippen molar-refractivity contribution in [2.24, 2.45) is 11.8 Å². The van der Waals surface area contributed by atoms with Crippen molar-refractivity contribution in [1.29, 1.82) is 0 Å². The van der Waals surface area contributed by atoms with Gasteiger partial charge >= 0.3 is 12.1 Å². The molecule has 1 atom stereocenters. The van der Waals surface area contributed by atoms with E-state index in [1.165, 1.54) is 11.3 Å². The number of anilines is 2. The molecule has 11 heteroatoms. The number of carboxylic acid groups (broad SMARTS) is 1. The van der Waals surface area contributed by atoms with Crippen LogP contribution < -0.4 is 10.1 Å². The maximum atomic E-state index is 14.7. The van der Waals surface area contributed by atoms with Crippen LogP contribution in [0.3, 0.4) is 0 Å². The van der Waals surface area contributed by atoms with Crippen molar-refractivity contribution in [3.05, 3.63) is 65.0 Å². The van der Waals surface area contributed by atoms with E-state index >= 15 is 0 Å². The van der Waals surface area contributed by atoms with Gasteiger partial charge in [0.25, 0.3) is 0 Å². The van der Waals surface area contributed by atoms with Crippen LogP contribution in [-0.4, -0.2) is 21.0 Å². The lowest BCUT2D eigenvalue weighted by atomic mass is 9.78. The van der Waals surface area contributed by atoms with Gasteiger partial charge in [-0.2, -0.15) is 13.2 Å². The van der Waals surface area contributed by atoms with E-state index in [9.17, 15) is 27.5 Å². The minimum Gasteiger partial charge on any atom is -0.481 e. The smallest absolute Gasteiger partial charge is 0.419 e. The second-order valence-electron chi connectivity index (χ2n) is 8.01. The average molecular weight is 495 g/mol. The summed E-state index contributed by atoms with van der Waals surface area (Å²) in [5, 5.41) is 14.7. The largest absolute Gasteiger partial charge is 0.481 e. The average Bonchev–Trinajstić information content (AvgIpc) is 3.31. The molecule has 0 spiro atoms. The van der Waals surface area contributed by atoms with Crippen LogP contribution in [0.2, 0.25) is 0 Å². The zero-order valence-corrected chi connectivity index (χ0v) is 18.6. The Balaban J connectivity index is 1.65. The SMILES string of the molecule is O=C(O)C1CCC(C(Oc2cccc(C(F)(F)F)c2F)c2cccc(Nc3nccs3)n2)CC1. The maximum absolute atomic E-state index is 14.7. The fourth-order valence-corrected chi connectivity index (χ4v) is 4.63. The van der Waals surface area contributed by atoms with Crippen molar-refractivity contribution < 1.29 is 32.2 Å². The van der Waals surface area contributed by atoms with E-state index in [1.54, 1.807) is 29.8 Å². The number of hydrogen-bond donors (Lipinski definition) is 2. The quantitative estimate of drug-likeness (QED) is 0.367. The molecule has 1 aromatic carbocycles. The van der Waals surface area contributed by atoms with Crippen molar-refractivity contribution in [3.8, 4) is 5.75 Å². The highest BCUT2D eigenvalue weighted by Crippen LogP contribution is 2.41. The van der Waals surface area contributed by atoms with Crippen molar-refractivity contribution in [2.45, 2.75) is 38.0 Å². The molecule has 0 aliphatic heterocycles. The fourth-order valence-electron chi connectivity index (χ4n) is 4.10. The van der Waals surface area contributed by atoms with Crippen LogP contribution in [0.1, 0.15) is 43.0 Å². The first-order valence-electron chi connectivity index (χ1n) is 10.6. The molecule has 1 saturated carbocycles. The third-order valence-corrected chi connectivity index (χ3v) is 6.49. The molecule has 2 aromatic heterocycles. The van der Waals surface area contributed by atoms with E-state index in [2.05, 4.69) is 15.3 Å². The Morgan fingerprint density at radius 1 is 1.15 bits per heavy atom. The summed E-state index contributed by atoms with van der Waals surface area (Å²) in [6, 6.07) is 7.97. The Morgan fingerprint density at radius 3 is 2.53 bits per heavy atom. The molecule has 1 aliphatic rings. The predicted molar refractivity (Wildman–Crippen MR) is 117 cm³/mol. The number of carboxylic acids is 1. The van der Waals surface area contributed by atoms with E-state index in [0.29, 0.717) is 48.4 Å². The lowest BCUT2D eigenvalue weighted by Crippen LogP contribution is -2.28. The monoisotopic (exact) mass is 495 g/mol. The lowest BCUT2D eigenvalue weighted by molar-refractivity contribution is -0.143. The Labute approximate surface area is 196 Å². The number of benzene rings is 1. The van der Waals surface area contributed by atoms with Gasteiger partial charge in [-0.15, -0.1) is 11.3 Å². The van der Waals surface area contributed by atoms with Gasteiger partial charge < -0.3 is 15.2 Å². The highest BCUT2D eigenvalue weighted by molar-refractivity contribution is 7.13. The molecule has 180 valence electrons. The van der Waals surface area contributed by atoms with E-state index in [-0.39, 0.29) is 5.92 Å². The van der Waals surface area contributed by atoms with Crippen molar-refractivity contribution in [2.75, 3.05) is 5.32 Å². The molecule has 1 fully saturated rings. The summed E-state index contributed by atoms with van der Waals surface area (Å²) in [5.41, 5.74) is -1.01. The molecule has 0 amide bonds. The van der Waals surface area contributed by atoms with Gasteiger partial charge in [0.2, 0.25) is 0 Å². The van der Waals surface area contributed by atoms with Crippen LogP contribution in [-0.2, 0) is 11.0 Å². The molecule has 34 heavy (non-hydrogen) atoms. The van der Waals surface area contributed by atoms with Crippen LogP contribution >= 0.6 is 11.3 Å². The van der Waals surface area contributed by atoms with Gasteiger partial charge in [0.1, 0.15) is 11.9 Å². The summed E-state index contributed by atoms with van der Waals surface area (Å²) < 4.78 is 60.3. The number of thiazole rings is 1. The molecular formula is C23H21F4N3O3S. The van der Waals surface area contributed by atoms with Crippen LogP contribution in [0.5, 0.6) is 5.75 Å². The first kappa shape index (κ1) is 23.9. The maximum Gasteiger partial charge on any atom is 0.419 e. The number of alkyl halides is 3. The highest BCUT2D eigenvalue weighted by atomic mass is 32.1. The van der Waals surface area contributed by atoms with E-state index < -0.39 is 41.3 Å². The fraction of sp³-hybridized carbons (Fsp3) is 0.348. The molecule has 0 radical (unpaired) electrons. The Bertz CT molecular complexity index is 1130. The number of halogens is 4. The van der Waals surface area contributed by atoms with E-state index in [1.807, 2.05) is 0 Å². The van der Waals surface area contributed by atoms with Gasteiger partial charge in [-0.25, -0.2) is 14.4 Å². The number of nitrogens with zero attached hydrogens (tertiary/aromatic N) is 2. The van der Waals surface area contributed by atoms with Gasteiger partial charge in [0.05, 0.1) is 17.2 Å². The number of aliphatic carboxylic acids is 1. The Kier molecular flexibility index (Phi) is 7.01. The lowest BCUT2D eigenvalue weighted by Gasteiger charge is -2.33. The number of ether oxygens (including phenoxy) is 1. The summed E-state index contributed by atoms with van der Waals surface area (Å²) >= 11 is 1.37. The molecule has 1 unspecified atom stereocenters. The first-order valence-corrected chi connectivity index (χ1v) is 11.5. The van der Waals surface area contributed by atoms with Crippen molar-refractivity contribution in [1.82, 2.24) is 9.97 Å². The van der Waals surface area contributed by atoms with Crippen LogP contribution in [0.15, 0.2) is 48.0 Å². The van der Waals surface area contributed by atoms with Crippen LogP contribution in [0.25, 0.3) is 0 Å². The van der Waals surface area contributed by atoms with Gasteiger partial charge in [-0.1, -0.05) is 12.1 Å². The normalized spacial score (nSPS) is 19.4. The summed E-state index contributed by atoms with van der Waals surface area (Å²) in [7, 11) is 0. The number of carbonyl (C=O) groups is 1. The number of pyridine rings is 1. The number of nitrogens with one attached hydrogen (secondary N) is 1. The van der Waals surface area contributed by atoms with Gasteiger partial charge in [-0.3, -0.25) is 4.79 Å². The molecular weight excluding hydrogens is 474 g/mol. The predicted octanol–water partition coefficient (Wildman–Crippen LogP) is 6.45. The Morgan fingerprint density at radius 2 is 1.88 bits per heavy atom. The molecule has 2 N–H and O–H groups in total. The second-order valence-corrected chi connectivity index (χ2v) is 8.91. The third-order valence-electron chi connectivity index (χ3n) is 5.80. The molecule has 0 bridgehead atoms. The molecule has 0 saturated heterocycles. The minimum atomic E-state index is -4.87. The van der Waals surface area contributed by atoms with Crippen LogP contribution in [0, 0.1) is 17.7 Å². The van der Waals surface area contributed by atoms with Crippen LogP contribution in [0.4, 0.5) is 28.5 Å². The topological polar surface area (TPSA) is 84.3 Å². The van der Waals surface area contributed by atoms with Crippen molar-refractivity contribution in [3.63, 3.8) is 0 Å². The second kappa shape index (κ2) is 9.96. The standard InChI is InChI=1S/C23H21F4N3O3S/c24-19-15(23(25,26)27)3-1-5-17(19)33-20(13-7-9-14(10-8-13)21(31)32)16-4-2-6-18(29-16)30-22-28-11-12-34-22/h1-6,11-14,20H,7-10H2,(H,31,32)(H,28,29,30). The molecule has 4 rings (SSSR count). The minimum absolute atomic E-state index is 0.257. The molecule has 2 heterocycles. The number of rotatable bonds is 7. The van der Waals surface area contributed by atoms with Gasteiger partial charge in [-0.05, 0) is 49.9 Å². The number of aromatic nitrogens is 2. The van der Waals surface area contributed by atoms with E-state index in [4.69, 9.17) is 4.74 Å². The molecule has 3 aromatic rings. The first-order chi connectivity index (χ1) is 16.2. The zero-order chi connectivity index (χ0) is 24.3.